The van der Waals surface area contributed by atoms with Crippen molar-refractivity contribution >= 4 is 22.4 Å². The van der Waals surface area contributed by atoms with Gasteiger partial charge in [-0.1, -0.05) is 24.7 Å². The molecule has 1 amide bonds. The van der Waals surface area contributed by atoms with Gasteiger partial charge in [-0.05, 0) is 25.9 Å². The van der Waals surface area contributed by atoms with Gasteiger partial charge in [0.1, 0.15) is 5.01 Å². The summed E-state index contributed by atoms with van der Waals surface area (Å²) in [5.41, 5.74) is 0. The van der Waals surface area contributed by atoms with Crippen molar-refractivity contribution in [2.24, 2.45) is 0 Å². The van der Waals surface area contributed by atoms with E-state index in [4.69, 9.17) is 0 Å². The number of aromatic nitrogens is 2. The monoisotopic (exact) mass is 268 g/mol. The van der Waals surface area contributed by atoms with Gasteiger partial charge in [-0.3, -0.25) is 4.79 Å². The van der Waals surface area contributed by atoms with Crippen LogP contribution in [0.25, 0.3) is 0 Å². The Labute approximate surface area is 112 Å². The maximum Gasteiger partial charge on any atom is 0.225 e. The number of amides is 1. The van der Waals surface area contributed by atoms with Crippen LogP contribution in [-0.2, 0) is 11.2 Å². The third kappa shape index (κ3) is 4.03. The molecule has 1 N–H and O–H groups in total. The lowest BCUT2D eigenvalue weighted by atomic mass is 10.1. The van der Waals surface area contributed by atoms with Crippen LogP contribution < -0.4 is 5.32 Å². The van der Waals surface area contributed by atoms with Crippen molar-refractivity contribution in [3.05, 3.63) is 5.01 Å². The van der Waals surface area contributed by atoms with Crippen LogP contribution in [0.4, 0.5) is 5.13 Å². The molecule has 6 heteroatoms. The van der Waals surface area contributed by atoms with Crippen LogP contribution in [0.5, 0.6) is 0 Å². The molecule has 100 valence electrons. The Bertz CT molecular complexity index is 387. The number of rotatable bonds is 5. The molecule has 18 heavy (non-hydrogen) atoms. The molecule has 1 aliphatic rings. The number of carbonyl (C=O) groups is 1. The number of hydrogen-bond donors (Lipinski definition) is 1. The number of carbonyl (C=O) groups excluding carboxylic acids is 1. The Hall–Kier alpha value is -1.01. The molecule has 0 aliphatic carbocycles. The summed E-state index contributed by atoms with van der Waals surface area (Å²) in [6.45, 7) is 5.29. The van der Waals surface area contributed by atoms with E-state index in [0.29, 0.717) is 11.6 Å². The van der Waals surface area contributed by atoms with Crippen molar-refractivity contribution in [3.63, 3.8) is 0 Å². The maximum absolute atomic E-state index is 11.2. The molecule has 2 heterocycles. The Kier molecular flexibility index (Phi) is 5.07. The van der Waals surface area contributed by atoms with E-state index in [1.807, 2.05) is 6.92 Å². The number of hydrogen-bond acceptors (Lipinski definition) is 5. The molecular formula is C12H20N4OS. The quantitative estimate of drug-likeness (QED) is 0.886. The number of piperidine rings is 1. The zero-order chi connectivity index (χ0) is 12.8. The SMILES string of the molecule is CCC(=O)Nc1nnc(CCN2CCCCC2)s1. The Morgan fingerprint density at radius 2 is 2.11 bits per heavy atom. The second-order valence-electron chi connectivity index (χ2n) is 4.55. The Morgan fingerprint density at radius 1 is 1.33 bits per heavy atom. The van der Waals surface area contributed by atoms with Gasteiger partial charge in [0.25, 0.3) is 0 Å². The first-order chi connectivity index (χ1) is 8.78. The van der Waals surface area contributed by atoms with Crippen LogP contribution >= 0.6 is 11.3 Å². The lowest BCUT2D eigenvalue weighted by molar-refractivity contribution is -0.115. The molecule has 0 saturated carbocycles. The summed E-state index contributed by atoms with van der Waals surface area (Å²) >= 11 is 1.48. The highest BCUT2D eigenvalue weighted by atomic mass is 32.1. The molecule has 2 rings (SSSR count). The normalized spacial score (nSPS) is 16.7. The molecule has 0 atom stereocenters. The summed E-state index contributed by atoms with van der Waals surface area (Å²) in [6, 6.07) is 0. The van der Waals surface area contributed by atoms with Gasteiger partial charge in [-0.2, -0.15) is 0 Å². The molecular weight excluding hydrogens is 248 g/mol. The highest BCUT2D eigenvalue weighted by molar-refractivity contribution is 7.15. The minimum Gasteiger partial charge on any atom is -0.303 e. The van der Waals surface area contributed by atoms with Crippen LogP contribution in [0.3, 0.4) is 0 Å². The van der Waals surface area contributed by atoms with E-state index < -0.39 is 0 Å². The molecule has 0 unspecified atom stereocenters. The number of likely N-dealkylation sites (tertiary alicyclic amines) is 1. The van der Waals surface area contributed by atoms with Crippen LogP contribution in [0.1, 0.15) is 37.6 Å². The molecule has 0 aromatic carbocycles. The van der Waals surface area contributed by atoms with Crippen LogP contribution in [0.15, 0.2) is 0 Å². The fourth-order valence-corrected chi connectivity index (χ4v) is 2.79. The third-order valence-electron chi connectivity index (χ3n) is 3.12. The van der Waals surface area contributed by atoms with E-state index in [2.05, 4.69) is 20.4 Å². The molecule has 1 aromatic heterocycles. The Morgan fingerprint density at radius 3 is 2.83 bits per heavy atom. The first kappa shape index (κ1) is 13.4. The molecule has 1 aromatic rings. The predicted molar refractivity (Wildman–Crippen MR) is 72.8 cm³/mol. The second-order valence-corrected chi connectivity index (χ2v) is 5.62. The summed E-state index contributed by atoms with van der Waals surface area (Å²) < 4.78 is 0. The predicted octanol–water partition coefficient (Wildman–Crippen LogP) is 1.91. The molecule has 0 bridgehead atoms. The fraction of sp³-hybridized carbons (Fsp3) is 0.750. The lowest BCUT2D eigenvalue weighted by Crippen LogP contribution is -2.31. The van der Waals surface area contributed by atoms with Crippen LogP contribution in [0, 0.1) is 0 Å². The van der Waals surface area contributed by atoms with Gasteiger partial charge in [-0.15, -0.1) is 10.2 Å². The van der Waals surface area contributed by atoms with Gasteiger partial charge in [0.05, 0.1) is 0 Å². The van der Waals surface area contributed by atoms with Crippen molar-refractivity contribution in [1.82, 2.24) is 15.1 Å². The number of nitrogens with one attached hydrogen (secondary N) is 1. The van der Waals surface area contributed by atoms with E-state index in [1.54, 1.807) is 0 Å². The van der Waals surface area contributed by atoms with Gasteiger partial charge in [0.2, 0.25) is 11.0 Å². The zero-order valence-corrected chi connectivity index (χ0v) is 11.6. The molecule has 1 saturated heterocycles. The first-order valence-electron chi connectivity index (χ1n) is 6.62. The first-order valence-corrected chi connectivity index (χ1v) is 7.44. The largest absolute Gasteiger partial charge is 0.303 e. The van der Waals surface area contributed by atoms with Crippen molar-refractivity contribution in [1.29, 1.82) is 0 Å². The van der Waals surface area contributed by atoms with Gasteiger partial charge >= 0.3 is 0 Å². The second kappa shape index (κ2) is 6.80. The van der Waals surface area contributed by atoms with E-state index in [-0.39, 0.29) is 5.91 Å². The molecule has 1 fully saturated rings. The maximum atomic E-state index is 11.2. The van der Waals surface area contributed by atoms with E-state index in [9.17, 15) is 4.79 Å². The average molecular weight is 268 g/mol. The van der Waals surface area contributed by atoms with Gasteiger partial charge in [0, 0.05) is 19.4 Å². The average Bonchev–Trinajstić information content (AvgIpc) is 2.85. The van der Waals surface area contributed by atoms with Crippen LogP contribution in [-0.4, -0.2) is 40.6 Å². The summed E-state index contributed by atoms with van der Waals surface area (Å²) in [5.74, 6) is -0.00581. The smallest absolute Gasteiger partial charge is 0.225 e. The van der Waals surface area contributed by atoms with E-state index in [0.717, 1.165) is 18.0 Å². The highest BCUT2D eigenvalue weighted by Gasteiger charge is 2.12. The summed E-state index contributed by atoms with van der Waals surface area (Å²) in [7, 11) is 0. The van der Waals surface area contributed by atoms with Crippen molar-refractivity contribution in [3.8, 4) is 0 Å². The van der Waals surface area contributed by atoms with Crippen molar-refractivity contribution in [2.45, 2.75) is 39.0 Å². The fourth-order valence-electron chi connectivity index (χ4n) is 2.05. The van der Waals surface area contributed by atoms with E-state index >= 15 is 0 Å². The van der Waals surface area contributed by atoms with Crippen LogP contribution in [0.2, 0.25) is 0 Å². The Balaban J connectivity index is 1.77. The number of nitrogens with zero attached hydrogens (tertiary/aromatic N) is 3. The van der Waals surface area contributed by atoms with Gasteiger partial charge in [0.15, 0.2) is 0 Å². The summed E-state index contributed by atoms with van der Waals surface area (Å²) in [4.78, 5) is 13.7. The minimum atomic E-state index is -0.00581. The lowest BCUT2D eigenvalue weighted by Gasteiger charge is -2.25. The summed E-state index contributed by atoms with van der Waals surface area (Å²) in [5, 5.41) is 12.5. The number of anilines is 1. The zero-order valence-electron chi connectivity index (χ0n) is 10.8. The van der Waals surface area contributed by atoms with Crippen molar-refractivity contribution in [2.75, 3.05) is 25.0 Å². The van der Waals surface area contributed by atoms with Gasteiger partial charge < -0.3 is 10.2 Å². The third-order valence-corrected chi connectivity index (χ3v) is 4.02. The summed E-state index contributed by atoms with van der Waals surface area (Å²) in [6.07, 6.45) is 5.40. The molecule has 0 radical (unpaired) electrons. The van der Waals surface area contributed by atoms with Crippen molar-refractivity contribution < 1.29 is 4.79 Å². The van der Waals surface area contributed by atoms with Gasteiger partial charge in [-0.25, -0.2) is 0 Å². The molecule has 1 aliphatic heterocycles. The standard InChI is InChI=1S/C12H20N4OS/c1-2-10(17)13-12-15-14-11(18-12)6-9-16-7-4-3-5-8-16/h2-9H2,1H3,(H,13,15,17). The minimum absolute atomic E-state index is 0.00581. The van der Waals surface area contributed by atoms with E-state index in [1.165, 1.54) is 43.7 Å². The molecule has 0 spiro atoms. The highest BCUT2D eigenvalue weighted by Crippen LogP contribution is 2.17. The molecule has 5 nitrogen and oxygen atoms in total. The topological polar surface area (TPSA) is 58.1 Å².